The third-order valence-electron chi connectivity index (χ3n) is 2.19. The van der Waals surface area contributed by atoms with Gasteiger partial charge < -0.3 is 9.88 Å². The van der Waals surface area contributed by atoms with Crippen LogP contribution in [0.15, 0.2) is 24.0 Å². The molecule has 0 saturated carbocycles. The first-order valence-electron chi connectivity index (χ1n) is 4.74. The Hall–Kier alpha value is -1.15. The van der Waals surface area contributed by atoms with Crippen LogP contribution >= 0.6 is 11.6 Å². The molecule has 0 unspecified atom stereocenters. The maximum atomic E-state index is 6.10. The fourth-order valence-electron chi connectivity index (χ4n) is 1.66. The third kappa shape index (κ3) is 1.46. The van der Waals surface area contributed by atoms with E-state index in [1.54, 1.807) is 0 Å². The van der Waals surface area contributed by atoms with Gasteiger partial charge in [-0.15, -0.1) is 0 Å². The van der Waals surface area contributed by atoms with Crippen molar-refractivity contribution in [2.24, 2.45) is 0 Å². The van der Waals surface area contributed by atoms with Gasteiger partial charge in [-0.1, -0.05) is 24.6 Å². The molecule has 14 heavy (non-hydrogen) atoms. The Kier molecular flexibility index (Phi) is 2.38. The lowest BCUT2D eigenvalue weighted by Crippen LogP contribution is -2.17. The quantitative estimate of drug-likeness (QED) is 0.749. The highest BCUT2D eigenvalue weighted by molar-refractivity contribution is 6.32. The van der Waals surface area contributed by atoms with Gasteiger partial charge in [-0.3, -0.25) is 0 Å². The van der Waals surface area contributed by atoms with Crippen molar-refractivity contribution in [2.75, 3.05) is 0 Å². The maximum absolute atomic E-state index is 6.10. The van der Waals surface area contributed by atoms with E-state index < -0.39 is 0 Å². The van der Waals surface area contributed by atoms with Crippen LogP contribution in [0.1, 0.15) is 26.0 Å². The minimum atomic E-state index is 0.793. The van der Waals surface area contributed by atoms with Crippen LogP contribution in [0.2, 0.25) is 5.02 Å². The second kappa shape index (κ2) is 3.54. The fourth-order valence-corrected chi connectivity index (χ4v) is 1.92. The van der Waals surface area contributed by atoms with E-state index in [0.717, 1.165) is 28.5 Å². The lowest BCUT2D eigenvalue weighted by molar-refractivity contribution is 0.965. The van der Waals surface area contributed by atoms with Gasteiger partial charge in [0.2, 0.25) is 0 Å². The summed E-state index contributed by atoms with van der Waals surface area (Å²) in [5.41, 5.74) is 3.28. The van der Waals surface area contributed by atoms with Crippen molar-refractivity contribution in [1.29, 1.82) is 0 Å². The Morgan fingerprint density at radius 3 is 3.07 bits per heavy atom. The Morgan fingerprint density at radius 2 is 2.36 bits per heavy atom. The second-order valence-electron chi connectivity index (χ2n) is 3.38. The van der Waals surface area contributed by atoms with Gasteiger partial charge in [-0.05, 0) is 19.4 Å². The number of aromatic nitrogens is 1. The van der Waals surface area contributed by atoms with Crippen molar-refractivity contribution >= 4 is 23.5 Å². The Balaban J connectivity index is 2.56. The summed E-state index contributed by atoms with van der Waals surface area (Å²) in [6.07, 6.45) is 7.16. The molecule has 1 aliphatic heterocycles. The van der Waals surface area contributed by atoms with E-state index in [1.807, 2.05) is 25.4 Å². The van der Waals surface area contributed by atoms with E-state index in [2.05, 4.69) is 22.9 Å². The fraction of sp³-hybridized carbons (Fsp3) is 0.273. The van der Waals surface area contributed by atoms with Crippen LogP contribution in [0.25, 0.3) is 11.9 Å². The number of allylic oxidation sites excluding steroid dienone is 2. The molecule has 0 amide bonds. The normalized spacial score (nSPS) is 17.6. The molecule has 0 bridgehead atoms. The van der Waals surface area contributed by atoms with Crippen LogP contribution in [-0.4, -0.2) is 4.57 Å². The molecule has 3 heteroatoms. The van der Waals surface area contributed by atoms with Gasteiger partial charge in [-0.25, -0.2) is 0 Å². The molecule has 0 saturated heterocycles. The summed E-state index contributed by atoms with van der Waals surface area (Å²) in [6.45, 7) is 4.16. The molecule has 2 rings (SSSR count). The van der Waals surface area contributed by atoms with Gasteiger partial charge in [0, 0.05) is 18.1 Å². The lowest BCUT2D eigenvalue weighted by atomic mass is 10.2. The van der Waals surface area contributed by atoms with Gasteiger partial charge in [0.1, 0.15) is 0 Å². The minimum absolute atomic E-state index is 0.793. The number of halogens is 1. The number of nitrogens with zero attached hydrogens (tertiary/aromatic N) is 1. The molecule has 0 atom stereocenters. The van der Waals surface area contributed by atoms with E-state index in [9.17, 15) is 0 Å². The van der Waals surface area contributed by atoms with Crippen LogP contribution < -0.4 is 5.32 Å². The first-order chi connectivity index (χ1) is 6.72. The maximum Gasteiger partial charge on any atom is 0.0873 e. The highest BCUT2D eigenvalue weighted by atomic mass is 35.5. The highest BCUT2D eigenvalue weighted by Gasteiger charge is 2.15. The van der Waals surface area contributed by atoms with Crippen LogP contribution in [-0.2, 0) is 0 Å². The van der Waals surface area contributed by atoms with Gasteiger partial charge in [-0.2, -0.15) is 0 Å². The summed E-state index contributed by atoms with van der Waals surface area (Å²) in [6, 6.07) is 1.91. The molecule has 0 radical (unpaired) electrons. The predicted octanol–water partition coefficient (Wildman–Crippen LogP) is 3.31. The molecular weight excluding hydrogens is 196 g/mol. The van der Waals surface area contributed by atoms with E-state index >= 15 is 0 Å². The number of fused-ring (bicyclic) bond motifs is 1. The number of hydrogen-bond donors (Lipinski definition) is 1. The van der Waals surface area contributed by atoms with E-state index in [4.69, 9.17) is 11.6 Å². The molecule has 0 aliphatic carbocycles. The summed E-state index contributed by atoms with van der Waals surface area (Å²) in [4.78, 5) is 0. The summed E-state index contributed by atoms with van der Waals surface area (Å²) in [7, 11) is 0. The molecule has 74 valence electrons. The third-order valence-corrected chi connectivity index (χ3v) is 2.50. The lowest BCUT2D eigenvalue weighted by Gasteiger charge is -2.19. The largest absolute Gasteiger partial charge is 0.356 e. The average molecular weight is 209 g/mol. The zero-order valence-corrected chi connectivity index (χ0v) is 9.10. The second-order valence-corrected chi connectivity index (χ2v) is 3.79. The smallest absolute Gasteiger partial charge is 0.0873 e. The molecule has 0 fully saturated rings. The van der Waals surface area contributed by atoms with Crippen molar-refractivity contribution in [1.82, 2.24) is 9.88 Å². The molecule has 0 aromatic carbocycles. The summed E-state index contributed by atoms with van der Waals surface area (Å²) >= 11 is 6.10. The summed E-state index contributed by atoms with van der Waals surface area (Å²) in [5.74, 6) is 0. The number of rotatable bonds is 1. The zero-order chi connectivity index (χ0) is 10.1. The summed E-state index contributed by atoms with van der Waals surface area (Å²) in [5, 5.41) is 4.11. The molecule has 2 nitrogen and oxygen atoms in total. The zero-order valence-electron chi connectivity index (χ0n) is 8.34. The Morgan fingerprint density at radius 1 is 1.57 bits per heavy atom. The highest BCUT2D eigenvalue weighted by Crippen LogP contribution is 2.28. The molecule has 1 aromatic heterocycles. The molecular formula is C11H13ClN2. The average Bonchev–Trinajstić information content (AvgIpc) is 2.48. The molecule has 1 N–H and O–H groups in total. The molecule has 0 spiro atoms. The van der Waals surface area contributed by atoms with E-state index in [1.165, 1.54) is 0 Å². The first-order valence-corrected chi connectivity index (χ1v) is 5.12. The monoisotopic (exact) mass is 208 g/mol. The number of hydrogen-bond acceptors (Lipinski definition) is 1. The van der Waals surface area contributed by atoms with Crippen LogP contribution in [0.5, 0.6) is 0 Å². The first kappa shape index (κ1) is 9.41. The Bertz CT molecular complexity index is 413. The van der Waals surface area contributed by atoms with Crippen molar-refractivity contribution in [3.8, 4) is 0 Å². The molecule has 2 heterocycles. The molecule has 1 aromatic rings. The van der Waals surface area contributed by atoms with Crippen molar-refractivity contribution in [2.45, 2.75) is 20.3 Å². The van der Waals surface area contributed by atoms with E-state index in [0.29, 0.717) is 0 Å². The van der Waals surface area contributed by atoms with E-state index in [-0.39, 0.29) is 0 Å². The van der Waals surface area contributed by atoms with Crippen molar-refractivity contribution in [3.63, 3.8) is 0 Å². The van der Waals surface area contributed by atoms with Gasteiger partial charge in [0.25, 0.3) is 0 Å². The van der Waals surface area contributed by atoms with Crippen LogP contribution in [0.4, 0.5) is 0 Å². The van der Waals surface area contributed by atoms with Crippen LogP contribution in [0.3, 0.4) is 0 Å². The summed E-state index contributed by atoms with van der Waals surface area (Å²) < 4.78 is 2.05. The van der Waals surface area contributed by atoms with Crippen molar-refractivity contribution in [3.05, 3.63) is 34.8 Å². The van der Waals surface area contributed by atoms with Gasteiger partial charge in [0.15, 0.2) is 0 Å². The van der Waals surface area contributed by atoms with Gasteiger partial charge in [0.05, 0.1) is 16.4 Å². The van der Waals surface area contributed by atoms with Gasteiger partial charge >= 0.3 is 0 Å². The Labute approximate surface area is 88.9 Å². The number of nitrogens with one attached hydrogen (secondary N) is 1. The van der Waals surface area contributed by atoms with Crippen LogP contribution in [0, 0.1) is 0 Å². The topological polar surface area (TPSA) is 17.0 Å². The van der Waals surface area contributed by atoms with Crippen molar-refractivity contribution < 1.29 is 0 Å². The predicted molar refractivity (Wildman–Crippen MR) is 60.8 cm³/mol. The standard InChI is InChI=1S/C11H13ClN2/c1-3-4-10-11-9(12)5-6-14(11)7-8(2)13-10/h4-7,13H,3H2,1-2H3/b10-4+. The SMILES string of the molecule is CC/C=C1/NC(C)=Cn2ccc(Cl)c21. The molecule has 1 aliphatic rings. The minimum Gasteiger partial charge on any atom is -0.356 e.